The van der Waals surface area contributed by atoms with Crippen molar-refractivity contribution in [1.82, 2.24) is 8.87 Å². The number of carbonyl (C=O) groups is 3. The Morgan fingerprint density at radius 1 is 0.927 bits per heavy atom. The molecule has 0 saturated heterocycles. The fraction of sp³-hybridized carbons (Fsp3) is 0.414. The number of aromatic nitrogens is 1. The van der Waals surface area contributed by atoms with E-state index >= 15 is 0 Å². The molecule has 0 bridgehead atoms. The van der Waals surface area contributed by atoms with E-state index in [1.165, 1.54) is 18.3 Å². The highest BCUT2D eigenvalue weighted by molar-refractivity contribution is 14.1. The quantitative estimate of drug-likeness (QED) is 0.174. The number of halogens is 1. The number of rotatable bonds is 6. The molecule has 0 aliphatic rings. The Labute approximate surface area is 254 Å². The van der Waals surface area contributed by atoms with Crippen molar-refractivity contribution in [1.29, 1.82) is 0 Å². The van der Waals surface area contributed by atoms with E-state index in [1.54, 1.807) is 71.9 Å². The van der Waals surface area contributed by atoms with E-state index in [2.05, 4.69) is 22.6 Å². The molecule has 41 heavy (non-hydrogen) atoms. The van der Waals surface area contributed by atoms with Gasteiger partial charge in [-0.25, -0.2) is 26.8 Å². The van der Waals surface area contributed by atoms with Gasteiger partial charge in [0.05, 0.1) is 17.5 Å². The molecule has 222 valence electrons. The Kier molecular flexibility index (Phi) is 9.48. The molecule has 0 radical (unpaired) electrons. The standard InChI is InChI=1S/C29H35IN2O8S/c1-18-12-14-20(15-13-18)41(36,37)31-17-19(24-21(30)10-9-11-22(24)31)16-23(25(33)38-8)32(26(34)39-28(2,3)4)27(35)40-29(5,6)7/h9-15,17,23H,16H2,1-8H3/t23-/m0/s1. The minimum Gasteiger partial charge on any atom is -0.467 e. The van der Waals surface area contributed by atoms with Crippen LogP contribution in [0.25, 0.3) is 10.9 Å². The van der Waals surface area contributed by atoms with Gasteiger partial charge in [0.25, 0.3) is 10.0 Å². The van der Waals surface area contributed by atoms with Crippen molar-refractivity contribution in [3.05, 3.63) is 63.4 Å². The Hall–Kier alpha value is -3.13. The normalized spacial score (nSPS) is 13.0. The van der Waals surface area contributed by atoms with Gasteiger partial charge in [-0.2, -0.15) is 4.90 Å². The molecule has 10 nitrogen and oxygen atoms in total. The molecule has 1 atom stereocenters. The highest BCUT2D eigenvalue weighted by Crippen LogP contribution is 2.32. The van der Waals surface area contributed by atoms with Gasteiger partial charge >= 0.3 is 18.2 Å². The number of hydrogen-bond donors (Lipinski definition) is 0. The summed E-state index contributed by atoms with van der Waals surface area (Å²) < 4.78 is 45.2. The number of fused-ring (bicyclic) bond motifs is 1. The lowest BCUT2D eigenvalue weighted by molar-refractivity contribution is -0.146. The molecular formula is C29H35IN2O8S. The first-order valence-corrected chi connectivity index (χ1v) is 15.3. The van der Waals surface area contributed by atoms with Crippen LogP contribution in [0.2, 0.25) is 0 Å². The fourth-order valence-corrected chi connectivity index (χ4v) is 6.26. The number of imide groups is 1. The van der Waals surface area contributed by atoms with E-state index in [1.807, 2.05) is 6.92 Å². The fourth-order valence-electron chi connectivity index (χ4n) is 4.04. The first kappa shape index (κ1) is 32.4. The van der Waals surface area contributed by atoms with Gasteiger partial charge in [0, 0.05) is 21.6 Å². The van der Waals surface area contributed by atoms with Crippen molar-refractivity contribution in [2.24, 2.45) is 0 Å². The minimum atomic E-state index is -4.04. The van der Waals surface area contributed by atoms with E-state index in [4.69, 9.17) is 14.2 Å². The summed E-state index contributed by atoms with van der Waals surface area (Å²) in [6.45, 7) is 11.6. The summed E-state index contributed by atoms with van der Waals surface area (Å²) in [4.78, 5) is 40.5. The molecule has 0 saturated carbocycles. The second-order valence-corrected chi connectivity index (χ2v) is 14.5. The maximum atomic E-state index is 13.7. The molecule has 3 rings (SSSR count). The second kappa shape index (κ2) is 12.0. The van der Waals surface area contributed by atoms with Crippen molar-refractivity contribution in [3.8, 4) is 0 Å². The van der Waals surface area contributed by atoms with Crippen LogP contribution >= 0.6 is 22.6 Å². The van der Waals surface area contributed by atoms with Crippen LogP contribution in [0.3, 0.4) is 0 Å². The average Bonchev–Trinajstić information content (AvgIpc) is 3.21. The molecule has 0 unspecified atom stereocenters. The summed E-state index contributed by atoms with van der Waals surface area (Å²) >= 11 is 2.08. The number of hydrogen-bond acceptors (Lipinski definition) is 8. The average molecular weight is 699 g/mol. The van der Waals surface area contributed by atoms with Crippen LogP contribution in [0.1, 0.15) is 52.7 Å². The zero-order valence-corrected chi connectivity index (χ0v) is 27.3. The van der Waals surface area contributed by atoms with Crippen molar-refractivity contribution in [3.63, 3.8) is 0 Å². The van der Waals surface area contributed by atoms with Crippen molar-refractivity contribution >= 4 is 61.7 Å². The summed E-state index contributed by atoms with van der Waals surface area (Å²) in [5.41, 5.74) is -0.316. The van der Waals surface area contributed by atoms with Gasteiger partial charge in [0.15, 0.2) is 0 Å². The first-order chi connectivity index (χ1) is 18.9. The van der Waals surface area contributed by atoms with Crippen LogP contribution < -0.4 is 0 Å². The van der Waals surface area contributed by atoms with Crippen molar-refractivity contribution in [2.45, 2.75) is 77.0 Å². The Balaban J connectivity index is 2.21. The third-order valence-electron chi connectivity index (χ3n) is 5.78. The third-order valence-corrected chi connectivity index (χ3v) is 8.37. The lowest BCUT2D eigenvalue weighted by Gasteiger charge is -2.32. The van der Waals surface area contributed by atoms with Gasteiger partial charge in [0.2, 0.25) is 0 Å². The molecule has 2 aromatic carbocycles. The van der Waals surface area contributed by atoms with Crippen LogP contribution in [-0.2, 0) is 35.4 Å². The van der Waals surface area contributed by atoms with Gasteiger partial charge in [-0.15, -0.1) is 0 Å². The SMILES string of the molecule is COC(=O)[C@H](Cc1cn(S(=O)(=O)c2ccc(C)cc2)c2cccc(I)c12)N(C(=O)OC(C)(C)C)C(=O)OC(C)(C)C. The Bertz CT molecular complexity index is 1540. The maximum Gasteiger partial charge on any atom is 0.420 e. The zero-order chi connectivity index (χ0) is 30.9. The van der Waals surface area contributed by atoms with E-state index in [-0.39, 0.29) is 11.3 Å². The zero-order valence-electron chi connectivity index (χ0n) is 24.3. The number of ether oxygens (including phenoxy) is 3. The number of methoxy groups -OCH3 is 1. The van der Waals surface area contributed by atoms with E-state index < -0.39 is 45.4 Å². The number of carbonyl (C=O) groups excluding carboxylic acids is 3. The first-order valence-electron chi connectivity index (χ1n) is 12.8. The van der Waals surface area contributed by atoms with Crippen molar-refractivity contribution in [2.75, 3.05) is 7.11 Å². The predicted molar refractivity (Wildman–Crippen MR) is 162 cm³/mol. The summed E-state index contributed by atoms with van der Waals surface area (Å²) in [5, 5.41) is 0.547. The van der Waals surface area contributed by atoms with Gasteiger partial charge < -0.3 is 14.2 Å². The van der Waals surface area contributed by atoms with Gasteiger partial charge in [-0.3, -0.25) is 0 Å². The Morgan fingerprint density at radius 2 is 1.46 bits per heavy atom. The van der Waals surface area contributed by atoms with Crippen LogP contribution in [-0.4, -0.2) is 59.8 Å². The minimum absolute atomic E-state index is 0.0825. The molecule has 1 heterocycles. The van der Waals surface area contributed by atoms with Crippen LogP contribution in [0.5, 0.6) is 0 Å². The second-order valence-electron chi connectivity index (χ2n) is 11.5. The molecule has 0 aliphatic heterocycles. The Morgan fingerprint density at radius 3 is 1.95 bits per heavy atom. The third kappa shape index (κ3) is 7.59. The highest BCUT2D eigenvalue weighted by atomic mass is 127. The number of amides is 2. The molecule has 1 aromatic heterocycles. The lowest BCUT2D eigenvalue weighted by Crippen LogP contribution is -2.53. The smallest absolute Gasteiger partial charge is 0.420 e. The highest BCUT2D eigenvalue weighted by Gasteiger charge is 2.41. The molecule has 0 spiro atoms. The van der Waals surface area contributed by atoms with Crippen molar-refractivity contribution < 1.29 is 37.0 Å². The number of benzene rings is 2. The molecule has 0 N–H and O–H groups in total. The van der Waals surface area contributed by atoms with Crippen LogP contribution in [0.15, 0.2) is 53.6 Å². The summed E-state index contributed by atoms with van der Waals surface area (Å²) in [6, 6.07) is 10.1. The number of nitrogens with zero attached hydrogens (tertiary/aromatic N) is 2. The molecular weight excluding hydrogens is 663 g/mol. The lowest BCUT2D eigenvalue weighted by atomic mass is 10.0. The van der Waals surface area contributed by atoms with Gasteiger partial charge in [-0.05, 0) is 101 Å². The molecule has 0 aliphatic carbocycles. The maximum absolute atomic E-state index is 13.7. The predicted octanol–water partition coefficient (Wildman–Crippen LogP) is 6.05. The summed E-state index contributed by atoms with van der Waals surface area (Å²) in [7, 11) is -2.91. The molecule has 0 fully saturated rings. The largest absolute Gasteiger partial charge is 0.467 e. The number of aryl methyl sites for hydroxylation is 1. The van der Waals surface area contributed by atoms with E-state index in [0.29, 0.717) is 24.9 Å². The number of esters is 1. The monoisotopic (exact) mass is 698 g/mol. The summed E-state index contributed by atoms with van der Waals surface area (Å²) in [6.07, 6.45) is -1.07. The van der Waals surface area contributed by atoms with Gasteiger partial charge in [-0.1, -0.05) is 23.8 Å². The van der Waals surface area contributed by atoms with Gasteiger partial charge in [0.1, 0.15) is 17.2 Å². The molecule has 12 heteroatoms. The summed E-state index contributed by atoms with van der Waals surface area (Å²) in [5.74, 6) is -0.907. The van der Waals surface area contributed by atoms with Crippen LogP contribution in [0.4, 0.5) is 9.59 Å². The van der Waals surface area contributed by atoms with E-state index in [0.717, 1.165) is 16.6 Å². The van der Waals surface area contributed by atoms with Crippen LogP contribution in [0, 0.1) is 10.5 Å². The molecule has 3 aromatic rings. The van der Waals surface area contributed by atoms with E-state index in [9.17, 15) is 22.8 Å². The molecule has 2 amide bonds. The topological polar surface area (TPSA) is 121 Å².